The van der Waals surface area contributed by atoms with Gasteiger partial charge in [0.2, 0.25) is 0 Å². The van der Waals surface area contributed by atoms with Gasteiger partial charge in [0.15, 0.2) is 0 Å². The van der Waals surface area contributed by atoms with Crippen LogP contribution in [0.25, 0.3) is 0 Å². The van der Waals surface area contributed by atoms with Gasteiger partial charge in [-0.1, -0.05) is 26.0 Å². The van der Waals surface area contributed by atoms with Crippen LogP contribution < -0.4 is 5.73 Å². The van der Waals surface area contributed by atoms with Crippen LogP contribution in [0.3, 0.4) is 0 Å². The quantitative estimate of drug-likeness (QED) is 0.574. The summed E-state index contributed by atoms with van der Waals surface area (Å²) in [6.45, 7) is 10.6. The fourth-order valence-corrected chi connectivity index (χ4v) is 2.05. The number of hydrogen-bond donors (Lipinski definition) is 1. The fourth-order valence-electron chi connectivity index (χ4n) is 2.05. The van der Waals surface area contributed by atoms with E-state index in [-0.39, 0.29) is 0 Å². The van der Waals surface area contributed by atoms with Gasteiger partial charge < -0.3 is 5.73 Å². The summed E-state index contributed by atoms with van der Waals surface area (Å²) >= 11 is 0. The molecule has 0 radical (unpaired) electrons. The number of hydrogen-bond acceptors (Lipinski definition) is 1. The van der Waals surface area contributed by atoms with Gasteiger partial charge in [0.1, 0.15) is 0 Å². The van der Waals surface area contributed by atoms with Crippen molar-refractivity contribution in [1.29, 1.82) is 0 Å². The van der Waals surface area contributed by atoms with E-state index in [1.165, 1.54) is 12.0 Å². The molecule has 0 aromatic heterocycles. The smallest absolute Gasteiger partial charge is 0.0133 e. The molecule has 0 spiro atoms. The average Bonchev–Trinajstić information content (AvgIpc) is 2.17. The van der Waals surface area contributed by atoms with Crippen LogP contribution in [0.2, 0.25) is 0 Å². The van der Waals surface area contributed by atoms with E-state index in [9.17, 15) is 0 Å². The Morgan fingerprint density at radius 3 is 2.18 bits per heavy atom. The van der Waals surface area contributed by atoms with Gasteiger partial charge in [-0.2, -0.15) is 0 Å². The van der Waals surface area contributed by atoms with Crippen LogP contribution in [0.4, 0.5) is 0 Å². The van der Waals surface area contributed by atoms with Crippen molar-refractivity contribution in [2.24, 2.45) is 23.5 Å². The summed E-state index contributed by atoms with van der Waals surface area (Å²) in [5, 5.41) is 0. The molecule has 1 aliphatic carbocycles. The van der Waals surface area contributed by atoms with Crippen molar-refractivity contribution in [1.82, 2.24) is 0 Å². The van der Waals surface area contributed by atoms with E-state index in [1.807, 2.05) is 0 Å². The van der Waals surface area contributed by atoms with Crippen LogP contribution >= 0.6 is 0 Å². The minimum atomic E-state index is 0.350. The lowest BCUT2D eigenvalue weighted by Crippen LogP contribution is -2.31. The summed E-state index contributed by atoms with van der Waals surface area (Å²) in [4.78, 5) is 0. The van der Waals surface area contributed by atoms with E-state index in [0.717, 1.165) is 5.92 Å². The van der Waals surface area contributed by atoms with Crippen LogP contribution in [0.1, 0.15) is 27.2 Å². The molecular formula is C10H19N. The first-order valence-electron chi connectivity index (χ1n) is 4.45. The first-order chi connectivity index (χ1) is 5.04. The monoisotopic (exact) mass is 153 g/mol. The Kier molecular flexibility index (Phi) is 2.38. The van der Waals surface area contributed by atoms with Gasteiger partial charge in [-0.05, 0) is 31.1 Å². The van der Waals surface area contributed by atoms with Crippen molar-refractivity contribution < 1.29 is 0 Å². The maximum atomic E-state index is 6.05. The van der Waals surface area contributed by atoms with Gasteiger partial charge >= 0.3 is 0 Å². The van der Waals surface area contributed by atoms with Crippen molar-refractivity contribution in [2.45, 2.75) is 33.2 Å². The molecule has 1 saturated carbocycles. The highest BCUT2D eigenvalue weighted by molar-refractivity contribution is 5.06. The second-order valence-corrected chi connectivity index (χ2v) is 4.10. The molecule has 64 valence electrons. The zero-order chi connectivity index (χ0) is 8.59. The van der Waals surface area contributed by atoms with Crippen molar-refractivity contribution in [2.75, 3.05) is 0 Å². The van der Waals surface area contributed by atoms with Crippen LogP contribution in [0, 0.1) is 17.8 Å². The molecule has 1 heteroatoms. The molecule has 4 atom stereocenters. The van der Waals surface area contributed by atoms with Gasteiger partial charge in [-0.25, -0.2) is 0 Å². The molecule has 4 unspecified atom stereocenters. The first kappa shape index (κ1) is 8.79. The van der Waals surface area contributed by atoms with Gasteiger partial charge in [0, 0.05) is 6.04 Å². The van der Waals surface area contributed by atoms with E-state index in [4.69, 9.17) is 5.73 Å². The molecule has 0 heterocycles. The van der Waals surface area contributed by atoms with Crippen LogP contribution in [-0.2, 0) is 0 Å². The summed E-state index contributed by atoms with van der Waals surface area (Å²) in [5.41, 5.74) is 7.31. The Morgan fingerprint density at radius 1 is 1.45 bits per heavy atom. The lowest BCUT2D eigenvalue weighted by atomic mass is 9.94. The van der Waals surface area contributed by atoms with Crippen molar-refractivity contribution >= 4 is 0 Å². The molecule has 0 saturated heterocycles. The summed E-state index contributed by atoms with van der Waals surface area (Å²) in [5.74, 6) is 2.00. The summed E-state index contributed by atoms with van der Waals surface area (Å²) in [6, 6.07) is 0.350. The third kappa shape index (κ3) is 1.48. The van der Waals surface area contributed by atoms with E-state index in [0.29, 0.717) is 17.9 Å². The molecule has 0 aromatic carbocycles. The molecule has 0 amide bonds. The molecule has 0 bridgehead atoms. The lowest BCUT2D eigenvalue weighted by molar-refractivity contribution is 0.415. The molecule has 2 N–H and O–H groups in total. The summed E-state index contributed by atoms with van der Waals surface area (Å²) < 4.78 is 0. The highest BCUT2D eigenvalue weighted by Crippen LogP contribution is 2.37. The largest absolute Gasteiger partial charge is 0.327 e. The predicted octanol–water partition coefficient (Wildman–Crippen LogP) is 2.18. The molecule has 1 rings (SSSR count). The third-order valence-electron chi connectivity index (χ3n) is 3.23. The summed E-state index contributed by atoms with van der Waals surface area (Å²) in [6.07, 6.45) is 1.23. The van der Waals surface area contributed by atoms with Crippen LogP contribution in [0.15, 0.2) is 12.2 Å². The first-order valence-corrected chi connectivity index (χ1v) is 4.45. The zero-order valence-electron chi connectivity index (χ0n) is 7.80. The average molecular weight is 153 g/mol. The van der Waals surface area contributed by atoms with Crippen LogP contribution in [-0.4, -0.2) is 6.04 Å². The topological polar surface area (TPSA) is 26.0 Å². The maximum Gasteiger partial charge on any atom is 0.0133 e. The van der Waals surface area contributed by atoms with Crippen molar-refractivity contribution in [3.63, 3.8) is 0 Å². The van der Waals surface area contributed by atoms with Crippen molar-refractivity contribution in [3.05, 3.63) is 12.2 Å². The highest BCUT2D eigenvalue weighted by Gasteiger charge is 2.35. The standard InChI is InChI=1S/C10H19N/c1-6(2)9-5-7(3)8(4)10(9)11/h7-10H,1,5,11H2,2-4H3. The maximum absolute atomic E-state index is 6.05. The lowest BCUT2D eigenvalue weighted by Gasteiger charge is -2.18. The number of rotatable bonds is 1. The second-order valence-electron chi connectivity index (χ2n) is 4.10. The molecule has 1 fully saturated rings. The molecule has 0 aromatic rings. The van der Waals surface area contributed by atoms with Gasteiger partial charge in [0.25, 0.3) is 0 Å². The van der Waals surface area contributed by atoms with Gasteiger partial charge in [-0.15, -0.1) is 0 Å². The Morgan fingerprint density at radius 2 is 2.00 bits per heavy atom. The minimum Gasteiger partial charge on any atom is -0.327 e. The van der Waals surface area contributed by atoms with E-state index in [2.05, 4.69) is 27.4 Å². The summed E-state index contributed by atoms with van der Waals surface area (Å²) in [7, 11) is 0. The van der Waals surface area contributed by atoms with E-state index in [1.54, 1.807) is 0 Å². The highest BCUT2D eigenvalue weighted by atomic mass is 14.7. The molecule has 0 aliphatic heterocycles. The SMILES string of the molecule is C=C(C)C1CC(C)C(C)C1N. The zero-order valence-corrected chi connectivity index (χ0v) is 7.80. The predicted molar refractivity (Wildman–Crippen MR) is 49.2 cm³/mol. The second kappa shape index (κ2) is 2.98. The van der Waals surface area contributed by atoms with Gasteiger partial charge in [0.05, 0.1) is 0 Å². The Bertz CT molecular complexity index is 162. The fraction of sp³-hybridized carbons (Fsp3) is 0.800. The van der Waals surface area contributed by atoms with E-state index >= 15 is 0 Å². The molecule has 1 aliphatic rings. The Balaban J connectivity index is 2.67. The molecule has 1 nitrogen and oxygen atoms in total. The Labute approximate surface area is 69.7 Å². The molecular weight excluding hydrogens is 134 g/mol. The van der Waals surface area contributed by atoms with Gasteiger partial charge in [-0.3, -0.25) is 0 Å². The Hall–Kier alpha value is -0.300. The minimum absolute atomic E-state index is 0.350. The number of nitrogens with two attached hydrogens (primary N) is 1. The third-order valence-corrected chi connectivity index (χ3v) is 3.23. The molecule has 11 heavy (non-hydrogen) atoms. The van der Waals surface area contributed by atoms with E-state index < -0.39 is 0 Å². The normalized spacial score (nSPS) is 44.4. The van der Waals surface area contributed by atoms with Crippen molar-refractivity contribution in [3.8, 4) is 0 Å². The van der Waals surface area contributed by atoms with Crippen LogP contribution in [0.5, 0.6) is 0 Å².